The molecule has 3 saturated carbocycles. The molecule has 0 atom stereocenters. The predicted molar refractivity (Wildman–Crippen MR) is 76.8 cm³/mol. The van der Waals surface area contributed by atoms with Crippen molar-refractivity contribution >= 4 is 12.6 Å². The number of hydrogen-bond donors (Lipinski definition) is 0. The molecule has 0 N–H and O–H groups in total. The quantitative estimate of drug-likeness (QED) is 0.770. The van der Waals surface area contributed by atoms with E-state index >= 15 is 0 Å². The van der Waals surface area contributed by atoms with Gasteiger partial charge in [-0.3, -0.25) is 0 Å². The number of aromatic nitrogens is 2. The van der Waals surface area contributed by atoms with Crippen LogP contribution < -0.4 is 5.46 Å². The van der Waals surface area contributed by atoms with Crippen LogP contribution in [0.4, 0.5) is 0 Å². The Morgan fingerprint density at radius 3 is 1.90 bits per heavy atom. The normalized spacial score (nSPS) is 36.4. The largest absolute Gasteiger partial charge is 0.498 e. The van der Waals surface area contributed by atoms with Gasteiger partial charge in [0.05, 0.1) is 11.2 Å². The zero-order valence-corrected chi connectivity index (χ0v) is 12.6. The highest BCUT2D eigenvalue weighted by Gasteiger charge is 2.59. The molecule has 106 valence electrons. The molecule has 0 unspecified atom stereocenters. The average molecular weight is 272 g/mol. The van der Waals surface area contributed by atoms with E-state index in [1.54, 1.807) is 0 Å². The molecule has 0 aromatic carbocycles. The number of nitrogens with zero attached hydrogens (tertiary/aromatic N) is 2. The van der Waals surface area contributed by atoms with Crippen LogP contribution in [0.15, 0.2) is 12.4 Å². The molecule has 2 heterocycles. The lowest BCUT2D eigenvalue weighted by Crippen LogP contribution is -2.56. The predicted octanol–water partition coefficient (Wildman–Crippen LogP) is 1.83. The average Bonchev–Trinajstić information content (AvgIpc) is 2.45. The van der Waals surface area contributed by atoms with Crippen LogP contribution in [0.25, 0.3) is 0 Å². The van der Waals surface area contributed by atoms with Crippen molar-refractivity contribution < 1.29 is 9.31 Å². The first-order valence-corrected chi connectivity index (χ1v) is 7.49. The first-order chi connectivity index (χ1) is 9.31. The van der Waals surface area contributed by atoms with E-state index in [4.69, 9.17) is 9.31 Å². The molecule has 4 fully saturated rings. The van der Waals surface area contributed by atoms with Crippen molar-refractivity contribution in [1.82, 2.24) is 9.97 Å². The molecular weight excluding hydrogens is 251 g/mol. The summed E-state index contributed by atoms with van der Waals surface area (Å²) in [5, 5.41) is 0. The maximum Gasteiger partial charge on any atom is 0.498 e. The van der Waals surface area contributed by atoms with Gasteiger partial charge in [0, 0.05) is 23.3 Å². The Morgan fingerprint density at radius 1 is 1.00 bits per heavy atom. The Hall–Kier alpha value is -0.935. The number of rotatable bonds is 2. The molecule has 4 aliphatic rings. The van der Waals surface area contributed by atoms with E-state index in [1.165, 1.54) is 19.3 Å². The van der Waals surface area contributed by atoms with Gasteiger partial charge in [0.25, 0.3) is 0 Å². The molecule has 1 aromatic heterocycles. The van der Waals surface area contributed by atoms with Gasteiger partial charge in [0.15, 0.2) is 0 Å². The monoisotopic (exact) mass is 272 g/mol. The molecular formula is C15H21BN2O2. The van der Waals surface area contributed by atoms with E-state index in [-0.39, 0.29) is 18.3 Å². The molecule has 5 rings (SSSR count). The first-order valence-electron chi connectivity index (χ1n) is 7.49. The highest BCUT2D eigenvalue weighted by Crippen LogP contribution is 2.64. The van der Waals surface area contributed by atoms with Crippen molar-refractivity contribution in [2.24, 2.45) is 5.92 Å². The van der Waals surface area contributed by atoms with Crippen LogP contribution >= 0.6 is 0 Å². The SMILES string of the molecule is CC1(C)OB(c2cnc(C34CC(C3)C4)nc2)OC1(C)C. The van der Waals surface area contributed by atoms with E-state index in [0.717, 1.165) is 17.2 Å². The van der Waals surface area contributed by atoms with Crippen LogP contribution in [0.5, 0.6) is 0 Å². The molecule has 3 aliphatic carbocycles. The van der Waals surface area contributed by atoms with Crippen LogP contribution in [0, 0.1) is 5.92 Å². The molecule has 0 spiro atoms. The third-order valence-corrected chi connectivity index (χ3v) is 5.71. The fourth-order valence-electron chi connectivity index (χ4n) is 3.47. The van der Waals surface area contributed by atoms with Crippen LogP contribution in [0.3, 0.4) is 0 Å². The van der Waals surface area contributed by atoms with Crippen molar-refractivity contribution in [2.75, 3.05) is 0 Å². The Morgan fingerprint density at radius 2 is 1.50 bits per heavy atom. The topological polar surface area (TPSA) is 44.2 Å². The molecule has 20 heavy (non-hydrogen) atoms. The summed E-state index contributed by atoms with van der Waals surface area (Å²) in [4.78, 5) is 9.16. The second-order valence-electron chi connectivity index (χ2n) is 7.69. The van der Waals surface area contributed by atoms with Crippen molar-refractivity contribution in [3.8, 4) is 0 Å². The summed E-state index contributed by atoms with van der Waals surface area (Å²) < 4.78 is 12.0. The maximum absolute atomic E-state index is 6.02. The fourth-order valence-corrected chi connectivity index (χ4v) is 3.47. The minimum atomic E-state index is -0.359. The van der Waals surface area contributed by atoms with Crippen molar-refractivity contribution in [2.45, 2.75) is 63.6 Å². The first kappa shape index (κ1) is 12.8. The molecule has 2 bridgehead atoms. The summed E-state index contributed by atoms with van der Waals surface area (Å²) in [6.45, 7) is 8.24. The minimum absolute atomic E-state index is 0.315. The zero-order valence-electron chi connectivity index (χ0n) is 12.6. The van der Waals surface area contributed by atoms with Gasteiger partial charge in [-0.15, -0.1) is 0 Å². The standard InChI is InChI=1S/C15H21BN2O2/c1-13(2)14(3,4)20-16(19-13)11-8-17-12(18-9-11)15-5-10(6-15)7-15/h8-10H,5-7H2,1-4H3. The van der Waals surface area contributed by atoms with Crippen molar-refractivity contribution in [1.29, 1.82) is 0 Å². The van der Waals surface area contributed by atoms with Gasteiger partial charge >= 0.3 is 7.12 Å². The lowest BCUT2D eigenvalue weighted by Gasteiger charge is -2.60. The molecule has 4 nitrogen and oxygen atoms in total. The Kier molecular flexibility index (Phi) is 2.32. The Labute approximate surface area is 120 Å². The summed E-state index contributed by atoms with van der Waals surface area (Å²) in [5.74, 6) is 1.96. The van der Waals surface area contributed by atoms with E-state index in [0.29, 0.717) is 5.41 Å². The summed E-state index contributed by atoms with van der Waals surface area (Å²) in [6.07, 6.45) is 7.60. The lowest BCUT2D eigenvalue weighted by atomic mass is 9.44. The molecule has 1 aromatic rings. The van der Waals surface area contributed by atoms with Gasteiger partial charge in [-0.2, -0.15) is 0 Å². The molecule has 0 radical (unpaired) electrons. The van der Waals surface area contributed by atoms with Crippen LogP contribution in [-0.2, 0) is 14.7 Å². The molecule has 5 heteroatoms. The maximum atomic E-state index is 6.02. The molecule has 1 saturated heterocycles. The second kappa shape index (κ2) is 3.63. The van der Waals surface area contributed by atoms with E-state index in [2.05, 4.69) is 37.7 Å². The highest BCUT2D eigenvalue weighted by molar-refractivity contribution is 6.61. The van der Waals surface area contributed by atoms with Crippen LogP contribution in [0.2, 0.25) is 0 Å². The smallest absolute Gasteiger partial charge is 0.399 e. The van der Waals surface area contributed by atoms with E-state index in [9.17, 15) is 0 Å². The van der Waals surface area contributed by atoms with E-state index in [1.807, 2.05) is 12.4 Å². The summed E-state index contributed by atoms with van der Waals surface area (Å²) in [5.41, 5.74) is 0.604. The summed E-state index contributed by atoms with van der Waals surface area (Å²) in [6, 6.07) is 0. The van der Waals surface area contributed by atoms with Gasteiger partial charge < -0.3 is 9.31 Å². The Bertz CT molecular complexity index is 522. The fraction of sp³-hybridized carbons (Fsp3) is 0.733. The minimum Gasteiger partial charge on any atom is -0.399 e. The summed E-state index contributed by atoms with van der Waals surface area (Å²) >= 11 is 0. The van der Waals surface area contributed by atoms with Gasteiger partial charge in [-0.05, 0) is 52.9 Å². The third-order valence-electron chi connectivity index (χ3n) is 5.71. The highest BCUT2D eigenvalue weighted by atomic mass is 16.7. The van der Waals surface area contributed by atoms with Crippen LogP contribution in [-0.4, -0.2) is 28.3 Å². The third kappa shape index (κ3) is 1.56. The van der Waals surface area contributed by atoms with Gasteiger partial charge in [-0.1, -0.05) is 0 Å². The van der Waals surface area contributed by atoms with Gasteiger partial charge in [-0.25, -0.2) is 9.97 Å². The van der Waals surface area contributed by atoms with E-state index < -0.39 is 0 Å². The van der Waals surface area contributed by atoms with Crippen LogP contribution in [0.1, 0.15) is 52.8 Å². The summed E-state index contributed by atoms with van der Waals surface area (Å²) in [7, 11) is -0.359. The lowest BCUT2D eigenvalue weighted by molar-refractivity contribution is -0.0345. The molecule has 0 amide bonds. The zero-order chi connectivity index (χ0) is 14.2. The van der Waals surface area contributed by atoms with Gasteiger partial charge in [0.1, 0.15) is 5.82 Å². The van der Waals surface area contributed by atoms with Gasteiger partial charge in [0.2, 0.25) is 0 Å². The van der Waals surface area contributed by atoms with Crippen molar-refractivity contribution in [3.63, 3.8) is 0 Å². The Balaban J connectivity index is 1.55. The van der Waals surface area contributed by atoms with Crippen molar-refractivity contribution in [3.05, 3.63) is 18.2 Å². The molecule has 1 aliphatic heterocycles. The second-order valence-corrected chi connectivity index (χ2v) is 7.69. The number of hydrogen-bond acceptors (Lipinski definition) is 4.